The minimum Gasteiger partial charge on any atom is -0.474 e. The summed E-state index contributed by atoms with van der Waals surface area (Å²) in [5, 5.41) is 2.94. The average Bonchev–Trinajstić information content (AvgIpc) is 3.28. The summed E-state index contributed by atoms with van der Waals surface area (Å²) in [5.41, 5.74) is 0.844. The summed E-state index contributed by atoms with van der Waals surface area (Å²) in [4.78, 5) is 29.1. The molecule has 2 fully saturated rings. The molecule has 2 aromatic rings. The second-order valence-corrected chi connectivity index (χ2v) is 8.96. The number of carbonyl (C=O) groups is 2. The number of halogens is 2. The van der Waals surface area contributed by atoms with Crippen LogP contribution < -0.4 is 15.1 Å². The molecular weight excluding hydrogens is 506 g/mol. The lowest BCUT2D eigenvalue weighted by atomic mass is 10.2. The number of carbonyl (C=O) groups excluding carboxylic acids is 2. The Morgan fingerprint density at radius 2 is 1.81 bits per heavy atom. The van der Waals surface area contributed by atoms with Gasteiger partial charge in [0.2, 0.25) is 5.91 Å². The van der Waals surface area contributed by atoms with Gasteiger partial charge in [0.25, 0.3) is 5.17 Å². The number of benzene rings is 2. The van der Waals surface area contributed by atoms with Crippen molar-refractivity contribution < 1.29 is 32.6 Å². The van der Waals surface area contributed by atoms with Crippen molar-refractivity contribution in [2.45, 2.75) is 12.7 Å². The molecule has 2 aliphatic rings. The molecule has 0 aromatic heterocycles. The minimum atomic E-state index is -0.795. The first-order valence-corrected chi connectivity index (χ1v) is 12.2. The number of hydrogen-bond acceptors (Lipinski definition) is 7. The first-order chi connectivity index (χ1) is 17.9. The molecule has 0 unspecified atom stereocenters. The third-order valence-corrected chi connectivity index (χ3v) is 6.44. The summed E-state index contributed by atoms with van der Waals surface area (Å²) in [6, 6.07) is 11.8. The number of rotatable bonds is 8. The predicted octanol–water partition coefficient (Wildman–Crippen LogP) is 2.68. The van der Waals surface area contributed by atoms with E-state index in [2.05, 4.69) is 5.32 Å². The van der Waals surface area contributed by atoms with Crippen LogP contribution >= 0.6 is 12.2 Å². The van der Waals surface area contributed by atoms with Crippen LogP contribution in [0.4, 0.5) is 25.0 Å². The van der Waals surface area contributed by atoms with Crippen LogP contribution in [0, 0.1) is 11.6 Å². The first-order valence-electron chi connectivity index (χ1n) is 11.8. The third kappa shape index (κ3) is 6.63. The number of thiocarbonyl (C=S) groups is 1. The van der Waals surface area contributed by atoms with Crippen molar-refractivity contribution in [1.82, 2.24) is 10.2 Å². The molecule has 0 radical (unpaired) electrons. The summed E-state index contributed by atoms with van der Waals surface area (Å²) in [6.45, 7) is 1.72. The molecule has 2 heterocycles. The van der Waals surface area contributed by atoms with Crippen LogP contribution in [-0.2, 0) is 25.6 Å². The third-order valence-electron chi connectivity index (χ3n) is 6.13. The van der Waals surface area contributed by atoms with Crippen LogP contribution in [0.25, 0.3) is 0 Å². The van der Waals surface area contributed by atoms with Crippen LogP contribution in [0.3, 0.4) is 0 Å². The zero-order valence-corrected chi connectivity index (χ0v) is 21.1. The van der Waals surface area contributed by atoms with Crippen LogP contribution in [0.1, 0.15) is 5.56 Å². The van der Waals surface area contributed by atoms with Gasteiger partial charge in [-0.1, -0.05) is 30.3 Å². The monoisotopic (exact) mass is 534 g/mol. The van der Waals surface area contributed by atoms with Crippen molar-refractivity contribution >= 4 is 40.8 Å². The Bertz CT molecular complexity index is 1110. The van der Waals surface area contributed by atoms with E-state index in [1.54, 1.807) is 9.80 Å². The lowest BCUT2D eigenvalue weighted by Crippen LogP contribution is -2.50. The van der Waals surface area contributed by atoms with Crippen molar-refractivity contribution in [3.8, 4) is 0 Å². The highest BCUT2D eigenvalue weighted by molar-refractivity contribution is 7.80. The molecule has 2 aliphatic heterocycles. The standard InChI is InChI=1S/C25H28F2N4O5S/c1-34-24(37)28-13-19-14-31(25(33)36-19)18-11-20(26)23(21(27)12-18)30-9-7-29(8-10-30)22(32)16-35-15-17-5-3-2-4-6-17/h2-6,11-12,19H,7-10,13-16H2,1H3,(H,28,37)/t19-/m0/s1. The van der Waals surface area contributed by atoms with E-state index in [9.17, 15) is 9.59 Å². The van der Waals surface area contributed by atoms with Crippen LogP contribution in [0.15, 0.2) is 42.5 Å². The molecule has 2 aromatic carbocycles. The number of hydrogen-bond donors (Lipinski definition) is 1. The van der Waals surface area contributed by atoms with E-state index in [0.29, 0.717) is 19.7 Å². The number of cyclic esters (lactones) is 1. The van der Waals surface area contributed by atoms with Gasteiger partial charge in [0.1, 0.15) is 18.4 Å². The van der Waals surface area contributed by atoms with Gasteiger partial charge in [-0.2, -0.15) is 0 Å². The Morgan fingerprint density at radius 3 is 2.46 bits per heavy atom. The highest BCUT2D eigenvalue weighted by Gasteiger charge is 2.34. The molecule has 0 aliphatic carbocycles. The van der Waals surface area contributed by atoms with E-state index in [-0.39, 0.29) is 55.2 Å². The predicted molar refractivity (Wildman–Crippen MR) is 136 cm³/mol. The lowest BCUT2D eigenvalue weighted by molar-refractivity contribution is -0.136. The fraction of sp³-hybridized carbons (Fsp3) is 0.400. The molecule has 2 amide bonds. The molecule has 0 bridgehead atoms. The number of anilines is 2. The summed E-state index contributed by atoms with van der Waals surface area (Å²) in [7, 11) is 1.41. The van der Waals surface area contributed by atoms with E-state index in [0.717, 1.165) is 17.7 Å². The highest BCUT2D eigenvalue weighted by atomic mass is 32.1. The second-order valence-electron chi connectivity index (χ2n) is 8.59. The largest absolute Gasteiger partial charge is 0.474 e. The smallest absolute Gasteiger partial charge is 0.414 e. The van der Waals surface area contributed by atoms with E-state index >= 15 is 8.78 Å². The van der Waals surface area contributed by atoms with Crippen molar-refractivity contribution in [3.63, 3.8) is 0 Å². The highest BCUT2D eigenvalue weighted by Crippen LogP contribution is 2.31. The van der Waals surface area contributed by atoms with Crippen LogP contribution in [-0.4, -0.2) is 81.2 Å². The number of methoxy groups -OCH3 is 1. The van der Waals surface area contributed by atoms with E-state index in [4.69, 9.17) is 26.4 Å². The second kappa shape index (κ2) is 12.2. The van der Waals surface area contributed by atoms with Gasteiger partial charge in [0.15, 0.2) is 11.6 Å². The molecule has 4 rings (SSSR count). The fourth-order valence-electron chi connectivity index (χ4n) is 4.22. The quantitative estimate of drug-likeness (QED) is 0.518. The summed E-state index contributed by atoms with van der Waals surface area (Å²) in [5.74, 6) is -1.76. The zero-order valence-electron chi connectivity index (χ0n) is 20.3. The molecule has 198 valence electrons. The molecule has 9 nitrogen and oxygen atoms in total. The van der Waals surface area contributed by atoms with Crippen molar-refractivity contribution in [2.75, 3.05) is 62.8 Å². The first kappa shape index (κ1) is 26.6. The topological polar surface area (TPSA) is 83.6 Å². The van der Waals surface area contributed by atoms with Crippen molar-refractivity contribution in [2.24, 2.45) is 0 Å². The normalized spacial score (nSPS) is 17.5. The molecule has 1 N–H and O–H groups in total. The van der Waals surface area contributed by atoms with E-state index in [1.165, 1.54) is 12.0 Å². The Kier molecular flexibility index (Phi) is 8.72. The minimum absolute atomic E-state index is 0.0601. The summed E-state index contributed by atoms with van der Waals surface area (Å²) < 4.78 is 45.7. The fourth-order valence-corrected chi connectivity index (χ4v) is 4.30. The Balaban J connectivity index is 1.31. The average molecular weight is 535 g/mol. The van der Waals surface area contributed by atoms with Gasteiger partial charge in [-0.3, -0.25) is 9.69 Å². The summed E-state index contributed by atoms with van der Waals surface area (Å²) >= 11 is 4.89. The van der Waals surface area contributed by atoms with Crippen LogP contribution in [0.2, 0.25) is 0 Å². The van der Waals surface area contributed by atoms with Gasteiger partial charge < -0.3 is 29.3 Å². The molecular formula is C25H28F2N4O5S. The summed E-state index contributed by atoms with van der Waals surface area (Å²) in [6.07, 6.45) is -1.27. The molecule has 2 saturated heterocycles. The molecule has 0 spiro atoms. The number of piperazine rings is 1. The Morgan fingerprint density at radius 1 is 1.14 bits per heavy atom. The van der Waals surface area contributed by atoms with Crippen LogP contribution in [0.5, 0.6) is 0 Å². The molecule has 12 heteroatoms. The van der Waals surface area contributed by atoms with Gasteiger partial charge in [0, 0.05) is 38.3 Å². The lowest BCUT2D eigenvalue weighted by Gasteiger charge is -2.36. The van der Waals surface area contributed by atoms with Crippen molar-refractivity contribution in [3.05, 3.63) is 59.7 Å². The number of ether oxygens (including phenoxy) is 3. The maximum absolute atomic E-state index is 15.0. The number of amides is 2. The zero-order chi connectivity index (χ0) is 26.4. The van der Waals surface area contributed by atoms with E-state index in [1.807, 2.05) is 30.3 Å². The number of nitrogens with one attached hydrogen (secondary N) is 1. The van der Waals surface area contributed by atoms with Gasteiger partial charge in [-0.15, -0.1) is 0 Å². The maximum atomic E-state index is 15.0. The van der Waals surface area contributed by atoms with E-state index < -0.39 is 23.8 Å². The van der Waals surface area contributed by atoms with Gasteiger partial charge in [-0.05, 0) is 17.8 Å². The van der Waals surface area contributed by atoms with Gasteiger partial charge in [0.05, 0.1) is 32.5 Å². The molecule has 1 atom stereocenters. The van der Waals surface area contributed by atoms with Crippen molar-refractivity contribution in [1.29, 1.82) is 0 Å². The van der Waals surface area contributed by atoms with Gasteiger partial charge >= 0.3 is 6.09 Å². The Hall–Kier alpha value is -3.51. The molecule has 0 saturated carbocycles. The SMILES string of the molecule is COC(=S)NC[C@H]1CN(c2cc(F)c(N3CCN(C(=O)COCc4ccccc4)CC3)c(F)c2)C(=O)O1. The number of nitrogens with zero attached hydrogens (tertiary/aromatic N) is 3. The van der Waals surface area contributed by atoms with Gasteiger partial charge in [-0.25, -0.2) is 13.6 Å². The maximum Gasteiger partial charge on any atom is 0.414 e. The molecule has 37 heavy (non-hydrogen) atoms. The Labute approximate surface area is 218 Å².